The van der Waals surface area contributed by atoms with E-state index in [1.54, 1.807) is 24.3 Å². The molecule has 1 N–H and O–H groups in total. The van der Waals surface area contributed by atoms with Crippen molar-refractivity contribution in [3.8, 4) is 0 Å². The number of halogens is 1. The van der Waals surface area contributed by atoms with Gasteiger partial charge in [-0.2, -0.15) is 0 Å². The minimum absolute atomic E-state index is 0.0573. The Hall–Kier alpha value is -2.86. The van der Waals surface area contributed by atoms with Gasteiger partial charge in [-0.3, -0.25) is 14.4 Å². The number of benzene rings is 2. The molecule has 1 fully saturated rings. The first-order valence-corrected chi connectivity index (χ1v) is 10.4. The predicted molar refractivity (Wildman–Crippen MR) is 117 cm³/mol. The maximum absolute atomic E-state index is 12.4. The average molecular weight is 429 g/mol. The largest absolute Gasteiger partial charge is 0.455 e. The van der Waals surface area contributed by atoms with Gasteiger partial charge in [0.2, 0.25) is 5.91 Å². The number of hydrogen-bond donors (Lipinski definition) is 1. The van der Waals surface area contributed by atoms with Crippen LogP contribution in [0, 0.1) is 5.92 Å². The number of hydrogen-bond acceptors (Lipinski definition) is 4. The molecule has 6 nitrogen and oxygen atoms in total. The van der Waals surface area contributed by atoms with E-state index in [9.17, 15) is 14.4 Å². The van der Waals surface area contributed by atoms with Crippen LogP contribution in [-0.4, -0.2) is 30.9 Å². The maximum atomic E-state index is 12.4. The summed E-state index contributed by atoms with van der Waals surface area (Å²) in [7, 11) is 0. The number of carbonyl (C=O) groups is 3. The van der Waals surface area contributed by atoms with Crippen LogP contribution in [0.25, 0.3) is 0 Å². The molecule has 158 valence electrons. The molecule has 1 aliphatic heterocycles. The van der Waals surface area contributed by atoms with E-state index in [4.69, 9.17) is 16.3 Å². The van der Waals surface area contributed by atoms with Crippen molar-refractivity contribution in [1.29, 1.82) is 0 Å². The van der Waals surface area contributed by atoms with Crippen LogP contribution in [0.15, 0.2) is 42.5 Å². The molecule has 7 heteroatoms. The second kappa shape index (κ2) is 9.76. The number of rotatable bonds is 7. The third-order valence-corrected chi connectivity index (χ3v) is 5.46. The summed E-state index contributed by atoms with van der Waals surface area (Å²) in [5.74, 6) is -1.70. The van der Waals surface area contributed by atoms with Crippen molar-refractivity contribution < 1.29 is 19.1 Å². The number of nitrogens with zero attached hydrogens (tertiary/aromatic N) is 1. The zero-order valence-corrected chi connectivity index (χ0v) is 17.9. The highest BCUT2D eigenvalue weighted by atomic mass is 35.5. The molecule has 2 amide bonds. The van der Waals surface area contributed by atoms with Crippen LogP contribution < -0.4 is 10.2 Å². The Labute approximate surface area is 181 Å². The van der Waals surface area contributed by atoms with Crippen LogP contribution >= 0.6 is 11.6 Å². The molecule has 1 atom stereocenters. The lowest BCUT2D eigenvalue weighted by Crippen LogP contribution is -2.28. The Morgan fingerprint density at radius 3 is 2.33 bits per heavy atom. The molecule has 2 aromatic rings. The van der Waals surface area contributed by atoms with Crippen LogP contribution in [0.2, 0.25) is 5.02 Å². The van der Waals surface area contributed by atoms with Crippen molar-refractivity contribution in [2.24, 2.45) is 5.92 Å². The zero-order valence-electron chi connectivity index (χ0n) is 17.1. The maximum Gasteiger partial charge on any atom is 0.311 e. The molecule has 1 saturated heterocycles. The van der Waals surface area contributed by atoms with Crippen molar-refractivity contribution in [3.63, 3.8) is 0 Å². The number of nitrogens with one attached hydrogen (secondary N) is 1. The number of anilines is 2. The van der Waals surface area contributed by atoms with E-state index in [1.165, 1.54) is 4.90 Å². The van der Waals surface area contributed by atoms with E-state index < -0.39 is 17.8 Å². The Bertz CT molecular complexity index is 920. The van der Waals surface area contributed by atoms with E-state index in [-0.39, 0.29) is 25.5 Å². The lowest BCUT2D eigenvalue weighted by Gasteiger charge is -2.17. The van der Waals surface area contributed by atoms with Gasteiger partial charge in [-0.05, 0) is 48.2 Å². The standard InChI is InChI=1S/C23H25ClN2O4/c1-3-15-6-5-7-16(4-2)22(15)25-20(27)14-30-23(29)17-12-21(28)26(13-17)19-10-8-18(24)9-11-19/h5-11,17H,3-4,12-14H2,1-2H3,(H,25,27)/t17-/m0/s1. The van der Waals surface area contributed by atoms with Crippen LogP contribution in [0.3, 0.4) is 0 Å². The van der Waals surface area contributed by atoms with Gasteiger partial charge in [-0.1, -0.05) is 43.6 Å². The summed E-state index contributed by atoms with van der Waals surface area (Å²) in [5, 5.41) is 3.44. The monoisotopic (exact) mass is 428 g/mol. The van der Waals surface area contributed by atoms with Crippen molar-refractivity contribution in [1.82, 2.24) is 0 Å². The van der Waals surface area contributed by atoms with Gasteiger partial charge in [0.15, 0.2) is 6.61 Å². The number of aryl methyl sites for hydroxylation is 2. The number of carbonyl (C=O) groups excluding carboxylic acids is 3. The van der Waals surface area contributed by atoms with Gasteiger partial charge < -0.3 is 15.0 Å². The topological polar surface area (TPSA) is 75.7 Å². The smallest absolute Gasteiger partial charge is 0.311 e. The summed E-state index contributed by atoms with van der Waals surface area (Å²) >= 11 is 5.89. The second-order valence-electron chi connectivity index (χ2n) is 7.20. The highest BCUT2D eigenvalue weighted by Crippen LogP contribution is 2.27. The lowest BCUT2D eigenvalue weighted by atomic mass is 10.0. The zero-order chi connectivity index (χ0) is 21.7. The van der Waals surface area contributed by atoms with Gasteiger partial charge >= 0.3 is 5.97 Å². The number of para-hydroxylation sites is 1. The van der Waals surface area contributed by atoms with Crippen molar-refractivity contribution in [3.05, 3.63) is 58.6 Å². The van der Waals surface area contributed by atoms with E-state index >= 15 is 0 Å². The number of ether oxygens (including phenoxy) is 1. The lowest BCUT2D eigenvalue weighted by molar-refractivity contribution is -0.151. The molecular weight excluding hydrogens is 404 g/mol. The quantitative estimate of drug-likeness (QED) is 0.676. The molecule has 1 aliphatic rings. The molecule has 0 aliphatic carbocycles. The third-order valence-electron chi connectivity index (χ3n) is 5.21. The van der Waals surface area contributed by atoms with Gasteiger partial charge in [-0.25, -0.2) is 0 Å². The Morgan fingerprint density at radius 1 is 1.10 bits per heavy atom. The summed E-state index contributed by atoms with van der Waals surface area (Å²) in [6, 6.07) is 12.8. The van der Waals surface area contributed by atoms with Crippen LogP contribution in [-0.2, 0) is 32.0 Å². The molecule has 2 aromatic carbocycles. The highest BCUT2D eigenvalue weighted by molar-refractivity contribution is 6.30. The van der Waals surface area contributed by atoms with Gasteiger partial charge in [0.25, 0.3) is 5.91 Å². The van der Waals surface area contributed by atoms with E-state index in [0.717, 1.165) is 29.7 Å². The molecule has 0 aromatic heterocycles. The fourth-order valence-electron chi connectivity index (χ4n) is 3.57. The van der Waals surface area contributed by atoms with Crippen LogP contribution in [0.4, 0.5) is 11.4 Å². The Morgan fingerprint density at radius 2 is 1.73 bits per heavy atom. The molecule has 0 radical (unpaired) electrons. The summed E-state index contributed by atoms with van der Waals surface area (Å²) < 4.78 is 5.21. The first kappa shape index (κ1) is 21.8. The average Bonchev–Trinajstić information content (AvgIpc) is 3.14. The molecular formula is C23H25ClN2O4. The molecule has 0 unspecified atom stereocenters. The molecule has 1 heterocycles. The molecule has 30 heavy (non-hydrogen) atoms. The van der Waals surface area contributed by atoms with Crippen LogP contribution in [0.1, 0.15) is 31.4 Å². The molecule has 0 saturated carbocycles. The summed E-state index contributed by atoms with van der Waals surface area (Å²) in [4.78, 5) is 38.6. The van der Waals surface area contributed by atoms with Crippen molar-refractivity contribution in [2.45, 2.75) is 33.1 Å². The van der Waals surface area contributed by atoms with E-state index in [1.807, 2.05) is 32.0 Å². The van der Waals surface area contributed by atoms with Gasteiger partial charge in [0.05, 0.1) is 5.92 Å². The molecule has 0 spiro atoms. The van der Waals surface area contributed by atoms with Gasteiger partial charge in [0, 0.05) is 29.4 Å². The normalized spacial score (nSPS) is 15.9. The third kappa shape index (κ3) is 5.00. The fraction of sp³-hybridized carbons (Fsp3) is 0.348. The Kier molecular flexibility index (Phi) is 7.11. The first-order valence-electron chi connectivity index (χ1n) is 10.1. The van der Waals surface area contributed by atoms with E-state index in [2.05, 4.69) is 5.32 Å². The van der Waals surface area contributed by atoms with Gasteiger partial charge in [0.1, 0.15) is 0 Å². The van der Waals surface area contributed by atoms with Crippen molar-refractivity contribution >= 4 is 40.8 Å². The number of amides is 2. The summed E-state index contributed by atoms with van der Waals surface area (Å²) in [6.07, 6.45) is 1.63. The van der Waals surface area contributed by atoms with Crippen molar-refractivity contribution in [2.75, 3.05) is 23.4 Å². The minimum Gasteiger partial charge on any atom is -0.455 e. The van der Waals surface area contributed by atoms with Crippen LogP contribution in [0.5, 0.6) is 0 Å². The SMILES string of the molecule is CCc1cccc(CC)c1NC(=O)COC(=O)[C@H]1CC(=O)N(c2ccc(Cl)cc2)C1. The van der Waals surface area contributed by atoms with E-state index in [0.29, 0.717) is 10.7 Å². The minimum atomic E-state index is -0.602. The first-order chi connectivity index (χ1) is 14.4. The van der Waals surface area contributed by atoms with Gasteiger partial charge in [-0.15, -0.1) is 0 Å². The highest BCUT2D eigenvalue weighted by Gasteiger charge is 2.36. The molecule has 3 rings (SSSR count). The fourth-order valence-corrected chi connectivity index (χ4v) is 3.70. The summed E-state index contributed by atoms with van der Waals surface area (Å²) in [6.45, 7) is 3.88. The number of esters is 1. The second-order valence-corrected chi connectivity index (χ2v) is 7.63. The predicted octanol–water partition coefficient (Wildman–Crippen LogP) is 4.00. The Balaban J connectivity index is 1.57. The molecule has 0 bridgehead atoms. The summed E-state index contributed by atoms with van der Waals surface area (Å²) in [5.41, 5.74) is 3.54.